The predicted octanol–water partition coefficient (Wildman–Crippen LogP) is 4.20. The lowest BCUT2D eigenvalue weighted by Crippen LogP contribution is -1.90. The summed E-state index contributed by atoms with van der Waals surface area (Å²) in [5, 5.41) is 4.53. The molecular weight excluding hydrogens is 288 g/mol. The van der Waals surface area contributed by atoms with Crippen LogP contribution < -0.4 is 5.73 Å². The molecule has 0 aliphatic rings. The highest BCUT2D eigenvalue weighted by atomic mass is 35.5. The zero-order valence-corrected chi connectivity index (χ0v) is 12.8. The molecule has 0 fully saturated rings. The van der Waals surface area contributed by atoms with Crippen molar-refractivity contribution < 1.29 is 4.52 Å². The average Bonchev–Trinajstić information content (AvgIpc) is 2.95. The van der Waals surface area contributed by atoms with E-state index in [0.717, 1.165) is 12.8 Å². The molecule has 1 aromatic heterocycles. The number of nitrogens with two attached hydrogens (primary N) is 1. The smallest absolute Gasteiger partial charge is 0.260 e. The molecule has 5 nitrogen and oxygen atoms in total. The SMILES string of the molecule is CCC=N/C(=C\CC)c1noc(-c2cc(Cl)ccc2N)n1. The second-order valence-electron chi connectivity index (χ2n) is 4.37. The molecule has 0 bridgehead atoms. The highest BCUT2D eigenvalue weighted by Gasteiger charge is 2.14. The third-order valence-corrected chi connectivity index (χ3v) is 2.95. The van der Waals surface area contributed by atoms with Crippen LogP contribution >= 0.6 is 11.6 Å². The average molecular weight is 305 g/mol. The monoisotopic (exact) mass is 304 g/mol. The molecule has 0 radical (unpaired) electrons. The summed E-state index contributed by atoms with van der Waals surface area (Å²) in [7, 11) is 0. The third kappa shape index (κ3) is 3.70. The topological polar surface area (TPSA) is 77.3 Å². The molecule has 2 aromatic rings. The van der Waals surface area contributed by atoms with Crippen molar-refractivity contribution in [3.63, 3.8) is 0 Å². The molecule has 0 unspecified atom stereocenters. The second-order valence-corrected chi connectivity index (χ2v) is 4.81. The van der Waals surface area contributed by atoms with Crippen molar-refractivity contribution in [3.05, 3.63) is 35.1 Å². The molecule has 2 rings (SSSR count). The molecule has 6 heteroatoms. The maximum atomic E-state index is 5.97. The van der Waals surface area contributed by atoms with Gasteiger partial charge in [0.15, 0.2) is 0 Å². The fourth-order valence-electron chi connectivity index (χ4n) is 1.74. The Hall–Kier alpha value is -2.14. The molecule has 2 N–H and O–H groups in total. The van der Waals surface area contributed by atoms with Gasteiger partial charge in [0.25, 0.3) is 5.89 Å². The molecule has 1 heterocycles. The first kappa shape index (κ1) is 15.3. The number of aliphatic imine (C=N–C) groups is 1. The number of benzene rings is 1. The number of nitrogen functional groups attached to an aromatic ring is 1. The van der Waals surface area contributed by atoms with E-state index >= 15 is 0 Å². The van der Waals surface area contributed by atoms with Gasteiger partial charge in [-0.2, -0.15) is 4.98 Å². The zero-order chi connectivity index (χ0) is 15.2. The van der Waals surface area contributed by atoms with Gasteiger partial charge in [0, 0.05) is 16.9 Å². The summed E-state index contributed by atoms with van der Waals surface area (Å²) in [4.78, 5) is 8.70. The zero-order valence-electron chi connectivity index (χ0n) is 12.0. The number of anilines is 1. The molecule has 0 amide bonds. The summed E-state index contributed by atoms with van der Waals surface area (Å²) in [5.74, 6) is 0.773. The van der Waals surface area contributed by atoms with Gasteiger partial charge in [-0.1, -0.05) is 36.7 Å². The Kier molecular flexibility index (Phi) is 5.11. The highest BCUT2D eigenvalue weighted by molar-refractivity contribution is 6.31. The summed E-state index contributed by atoms with van der Waals surface area (Å²) in [5.41, 5.74) is 7.76. The molecule has 0 saturated carbocycles. The summed E-state index contributed by atoms with van der Waals surface area (Å²) in [6, 6.07) is 5.12. The van der Waals surface area contributed by atoms with Gasteiger partial charge in [0.2, 0.25) is 5.82 Å². The molecule has 110 valence electrons. The largest absolute Gasteiger partial charge is 0.398 e. The van der Waals surface area contributed by atoms with E-state index in [4.69, 9.17) is 21.9 Å². The van der Waals surface area contributed by atoms with E-state index < -0.39 is 0 Å². The Morgan fingerprint density at radius 2 is 2.19 bits per heavy atom. The predicted molar refractivity (Wildman–Crippen MR) is 86.2 cm³/mol. The summed E-state index contributed by atoms with van der Waals surface area (Å²) >= 11 is 5.97. The Balaban J connectivity index is 2.38. The first-order chi connectivity index (χ1) is 10.2. The van der Waals surface area contributed by atoms with Crippen LogP contribution in [0, 0.1) is 0 Å². The van der Waals surface area contributed by atoms with E-state index in [1.54, 1.807) is 18.2 Å². The number of allylic oxidation sites excluding steroid dienone is 1. The number of halogens is 1. The lowest BCUT2D eigenvalue weighted by atomic mass is 10.2. The molecule has 21 heavy (non-hydrogen) atoms. The first-order valence-corrected chi connectivity index (χ1v) is 7.15. The highest BCUT2D eigenvalue weighted by Crippen LogP contribution is 2.28. The van der Waals surface area contributed by atoms with Crippen LogP contribution in [0.5, 0.6) is 0 Å². The molecule has 0 saturated heterocycles. The minimum Gasteiger partial charge on any atom is -0.398 e. The van der Waals surface area contributed by atoms with Gasteiger partial charge in [-0.3, -0.25) is 4.99 Å². The van der Waals surface area contributed by atoms with Crippen molar-refractivity contribution in [2.75, 3.05) is 5.73 Å². The Morgan fingerprint density at radius 3 is 2.90 bits per heavy atom. The van der Waals surface area contributed by atoms with Gasteiger partial charge in [-0.05, 0) is 31.0 Å². The number of hydrogen-bond donors (Lipinski definition) is 1. The van der Waals surface area contributed by atoms with Crippen LogP contribution in [0.4, 0.5) is 5.69 Å². The molecule has 0 aliphatic heterocycles. The summed E-state index contributed by atoms with van der Waals surface area (Å²) in [6.07, 6.45) is 5.43. The van der Waals surface area contributed by atoms with E-state index in [1.165, 1.54) is 0 Å². The molecular formula is C15H17ClN4O. The van der Waals surface area contributed by atoms with Crippen molar-refractivity contribution in [1.29, 1.82) is 0 Å². The van der Waals surface area contributed by atoms with Gasteiger partial charge in [-0.15, -0.1) is 0 Å². The van der Waals surface area contributed by atoms with E-state index in [-0.39, 0.29) is 0 Å². The summed E-state index contributed by atoms with van der Waals surface area (Å²) < 4.78 is 5.28. The van der Waals surface area contributed by atoms with Crippen LogP contribution in [0.25, 0.3) is 17.2 Å². The van der Waals surface area contributed by atoms with Gasteiger partial charge < -0.3 is 10.3 Å². The molecule has 0 atom stereocenters. The Morgan fingerprint density at radius 1 is 1.38 bits per heavy atom. The number of nitrogens with zero attached hydrogens (tertiary/aromatic N) is 3. The van der Waals surface area contributed by atoms with Crippen molar-refractivity contribution >= 4 is 29.2 Å². The maximum Gasteiger partial charge on any atom is 0.260 e. The molecule has 0 spiro atoms. The lowest BCUT2D eigenvalue weighted by molar-refractivity contribution is 0.428. The van der Waals surface area contributed by atoms with Crippen LogP contribution in [0.15, 0.2) is 33.8 Å². The minimum absolute atomic E-state index is 0.332. The van der Waals surface area contributed by atoms with Crippen molar-refractivity contribution in [3.8, 4) is 11.5 Å². The summed E-state index contributed by atoms with van der Waals surface area (Å²) in [6.45, 7) is 4.04. The van der Waals surface area contributed by atoms with Gasteiger partial charge in [0.05, 0.1) is 5.56 Å². The van der Waals surface area contributed by atoms with E-state index in [0.29, 0.717) is 33.7 Å². The second kappa shape index (κ2) is 7.04. The van der Waals surface area contributed by atoms with Crippen LogP contribution in [0.3, 0.4) is 0 Å². The van der Waals surface area contributed by atoms with Crippen LogP contribution in [0.1, 0.15) is 32.5 Å². The minimum atomic E-state index is 0.332. The van der Waals surface area contributed by atoms with Crippen molar-refractivity contribution in [1.82, 2.24) is 10.1 Å². The van der Waals surface area contributed by atoms with Gasteiger partial charge in [-0.25, -0.2) is 0 Å². The normalized spacial score (nSPS) is 12.2. The van der Waals surface area contributed by atoms with Crippen LogP contribution in [-0.2, 0) is 0 Å². The van der Waals surface area contributed by atoms with E-state index in [2.05, 4.69) is 15.1 Å². The Bertz CT molecular complexity index is 676. The first-order valence-electron chi connectivity index (χ1n) is 6.77. The number of rotatable bonds is 5. The standard InChI is InChI=1S/C15H17ClN4O/c1-3-5-13(18-8-4-2)14-19-15(21-20-14)11-9-10(16)6-7-12(11)17/h5-9H,3-4,17H2,1-2H3/b13-5-,18-8?. The number of hydrogen-bond acceptors (Lipinski definition) is 5. The quantitative estimate of drug-likeness (QED) is 0.663. The fraction of sp³-hybridized carbons (Fsp3) is 0.267. The van der Waals surface area contributed by atoms with E-state index in [1.807, 2.05) is 26.1 Å². The van der Waals surface area contributed by atoms with Gasteiger partial charge >= 0.3 is 0 Å². The Labute approximate surface area is 128 Å². The van der Waals surface area contributed by atoms with Crippen LogP contribution in [0.2, 0.25) is 5.02 Å². The van der Waals surface area contributed by atoms with Crippen molar-refractivity contribution in [2.24, 2.45) is 4.99 Å². The fourth-order valence-corrected chi connectivity index (χ4v) is 1.91. The third-order valence-electron chi connectivity index (χ3n) is 2.71. The van der Waals surface area contributed by atoms with Crippen molar-refractivity contribution in [2.45, 2.75) is 26.7 Å². The maximum absolute atomic E-state index is 5.97. The molecule has 1 aromatic carbocycles. The number of aromatic nitrogens is 2. The van der Waals surface area contributed by atoms with E-state index in [9.17, 15) is 0 Å². The van der Waals surface area contributed by atoms with Gasteiger partial charge in [0.1, 0.15) is 5.70 Å². The van der Waals surface area contributed by atoms with Crippen LogP contribution in [-0.4, -0.2) is 16.4 Å². The molecule has 0 aliphatic carbocycles. The lowest BCUT2D eigenvalue weighted by Gasteiger charge is -2.00.